The number of carbonyl (C=O) groups is 2. The van der Waals surface area contributed by atoms with Crippen LogP contribution in [-0.4, -0.2) is 37.1 Å². The third kappa shape index (κ3) is 4.20. The van der Waals surface area contributed by atoms with Gasteiger partial charge in [-0.05, 0) is 37.1 Å². The highest BCUT2D eigenvalue weighted by atomic mass is 16.5. The fourth-order valence-corrected chi connectivity index (χ4v) is 3.08. The van der Waals surface area contributed by atoms with Gasteiger partial charge in [0.05, 0.1) is 23.9 Å². The summed E-state index contributed by atoms with van der Waals surface area (Å²) < 4.78 is 4.75. The highest BCUT2D eigenvalue weighted by molar-refractivity contribution is 6.07. The van der Waals surface area contributed by atoms with Crippen LogP contribution >= 0.6 is 0 Å². The van der Waals surface area contributed by atoms with Gasteiger partial charge in [-0.15, -0.1) is 0 Å². The molecule has 6 heteroatoms. The Morgan fingerprint density at radius 2 is 1.77 bits per heavy atom. The molecule has 0 bridgehead atoms. The van der Waals surface area contributed by atoms with Crippen LogP contribution in [0.25, 0.3) is 0 Å². The quantitative estimate of drug-likeness (QED) is 0.852. The first kappa shape index (κ1) is 17.9. The fraction of sp³-hybridized carbons (Fsp3) is 0.350. The lowest BCUT2D eigenvalue weighted by atomic mass is 10.1. The number of carbonyl (C=O) groups excluding carboxylic acids is 2. The van der Waals surface area contributed by atoms with Crippen LogP contribution in [-0.2, 0) is 4.74 Å². The molecule has 0 aliphatic carbocycles. The molecule has 1 aromatic carbocycles. The molecule has 3 rings (SSSR count). The molecule has 1 N–H and O–H groups in total. The molecule has 0 atom stereocenters. The van der Waals surface area contributed by atoms with E-state index in [0.29, 0.717) is 16.8 Å². The van der Waals surface area contributed by atoms with Crippen LogP contribution in [0.5, 0.6) is 0 Å². The van der Waals surface area contributed by atoms with Gasteiger partial charge in [0.1, 0.15) is 5.82 Å². The average Bonchev–Trinajstić information content (AvgIpc) is 2.97. The fourth-order valence-electron chi connectivity index (χ4n) is 3.08. The highest BCUT2D eigenvalue weighted by Crippen LogP contribution is 2.19. The summed E-state index contributed by atoms with van der Waals surface area (Å²) in [5.41, 5.74) is 1.18. The molecule has 0 unspecified atom stereocenters. The summed E-state index contributed by atoms with van der Waals surface area (Å²) in [6, 6.07) is 10.4. The first-order chi connectivity index (χ1) is 12.7. The number of amides is 1. The molecule has 136 valence electrons. The number of methoxy groups -OCH3 is 1. The summed E-state index contributed by atoms with van der Waals surface area (Å²) in [6.45, 7) is 2.01. The number of aromatic nitrogens is 1. The number of hydrogen-bond donors (Lipinski definition) is 1. The van der Waals surface area contributed by atoms with Gasteiger partial charge in [-0.2, -0.15) is 0 Å². The number of rotatable bonds is 4. The number of anilines is 2. The van der Waals surface area contributed by atoms with Crippen molar-refractivity contribution in [2.24, 2.45) is 0 Å². The maximum atomic E-state index is 12.5. The van der Waals surface area contributed by atoms with Gasteiger partial charge in [0.2, 0.25) is 0 Å². The van der Waals surface area contributed by atoms with Crippen molar-refractivity contribution in [1.82, 2.24) is 4.98 Å². The number of para-hydroxylation sites is 1. The van der Waals surface area contributed by atoms with Crippen LogP contribution in [0.15, 0.2) is 42.6 Å². The summed E-state index contributed by atoms with van der Waals surface area (Å²) in [5, 5.41) is 2.76. The molecule has 0 radical (unpaired) electrons. The van der Waals surface area contributed by atoms with E-state index >= 15 is 0 Å². The average molecular weight is 353 g/mol. The van der Waals surface area contributed by atoms with E-state index in [9.17, 15) is 9.59 Å². The Hall–Kier alpha value is -2.89. The second-order valence-corrected chi connectivity index (χ2v) is 6.30. The summed E-state index contributed by atoms with van der Waals surface area (Å²) in [6.07, 6.45) is 6.45. The molecule has 26 heavy (non-hydrogen) atoms. The third-order valence-corrected chi connectivity index (χ3v) is 4.52. The Kier molecular flexibility index (Phi) is 5.84. The van der Waals surface area contributed by atoms with Gasteiger partial charge >= 0.3 is 5.97 Å². The van der Waals surface area contributed by atoms with Crippen molar-refractivity contribution in [2.75, 3.05) is 30.4 Å². The number of nitrogens with one attached hydrogen (secondary N) is 1. The zero-order chi connectivity index (χ0) is 18.4. The van der Waals surface area contributed by atoms with Gasteiger partial charge in [0.25, 0.3) is 5.91 Å². The van der Waals surface area contributed by atoms with E-state index in [4.69, 9.17) is 4.74 Å². The lowest BCUT2D eigenvalue weighted by Gasteiger charge is -2.21. The molecule has 1 aliphatic rings. The summed E-state index contributed by atoms with van der Waals surface area (Å²) in [4.78, 5) is 31.0. The Labute approximate surface area is 153 Å². The van der Waals surface area contributed by atoms with Crippen LogP contribution < -0.4 is 10.2 Å². The van der Waals surface area contributed by atoms with E-state index in [-0.39, 0.29) is 5.91 Å². The van der Waals surface area contributed by atoms with Gasteiger partial charge < -0.3 is 15.0 Å². The molecule has 1 aliphatic heterocycles. The maximum Gasteiger partial charge on any atom is 0.339 e. The molecule has 2 aromatic rings. The van der Waals surface area contributed by atoms with Crippen LogP contribution in [0.4, 0.5) is 11.5 Å². The summed E-state index contributed by atoms with van der Waals surface area (Å²) in [5.74, 6) is 0.102. The third-order valence-electron chi connectivity index (χ3n) is 4.52. The lowest BCUT2D eigenvalue weighted by Crippen LogP contribution is -2.25. The van der Waals surface area contributed by atoms with E-state index in [1.54, 1.807) is 36.5 Å². The van der Waals surface area contributed by atoms with Gasteiger partial charge in [-0.3, -0.25) is 4.79 Å². The van der Waals surface area contributed by atoms with Crippen molar-refractivity contribution in [3.8, 4) is 0 Å². The molecule has 1 fully saturated rings. The topological polar surface area (TPSA) is 71.5 Å². The van der Waals surface area contributed by atoms with Crippen LogP contribution in [0.3, 0.4) is 0 Å². The molecule has 1 aromatic heterocycles. The molecule has 1 saturated heterocycles. The SMILES string of the molecule is COC(=O)c1ccccc1NC(=O)c1ccc(N2CCCCCC2)nc1. The summed E-state index contributed by atoms with van der Waals surface area (Å²) >= 11 is 0. The maximum absolute atomic E-state index is 12.5. The standard InChI is InChI=1S/C20H23N3O3/c1-26-20(25)16-8-4-5-9-17(16)22-19(24)15-10-11-18(21-14-15)23-12-6-2-3-7-13-23/h4-5,8-11,14H,2-3,6-7,12-13H2,1H3,(H,22,24). The van der Waals surface area contributed by atoms with E-state index in [0.717, 1.165) is 18.9 Å². The number of pyridine rings is 1. The van der Waals surface area contributed by atoms with Crippen molar-refractivity contribution in [3.05, 3.63) is 53.7 Å². The number of ether oxygens (including phenoxy) is 1. The first-order valence-corrected chi connectivity index (χ1v) is 8.89. The smallest absolute Gasteiger partial charge is 0.339 e. The van der Waals surface area contributed by atoms with Crippen molar-refractivity contribution in [3.63, 3.8) is 0 Å². The van der Waals surface area contributed by atoms with E-state index in [2.05, 4.69) is 15.2 Å². The predicted octanol–water partition coefficient (Wildman–Crippen LogP) is 3.50. The van der Waals surface area contributed by atoms with Crippen molar-refractivity contribution in [2.45, 2.75) is 25.7 Å². The van der Waals surface area contributed by atoms with E-state index in [1.807, 2.05) is 6.07 Å². The molecule has 6 nitrogen and oxygen atoms in total. The minimum Gasteiger partial charge on any atom is -0.465 e. The predicted molar refractivity (Wildman–Crippen MR) is 101 cm³/mol. The van der Waals surface area contributed by atoms with Crippen LogP contribution in [0, 0.1) is 0 Å². The van der Waals surface area contributed by atoms with E-state index < -0.39 is 5.97 Å². The number of nitrogens with zero attached hydrogens (tertiary/aromatic N) is 2. The first-order valence-electron chi connectivity index (χ1n) is 8.89. The monoisotopic (exact) mass is 353 g/mol. The number of esters is 1. The Balaban J connectivity index is 1.72. The normalized spacial score (nSPS) is 14.4. The second-order valence-electron chi connectivity index (χ2n) is 6.30. The van der Waals surface area contributed by atoms with Crippen molar-refractivity contribution in [1.29, 1.82) is 0 Å². The van der Waals surface area contributed by atoms with Gasteiger partial charge in [-0.25, -0.2) is 9.78 Å². The van der Waals surface area contributed by atoms with Crippen LogP contribution in [0.2, 0.25) is 0 Å². The van der Waals surface area contributed by atoms with Crippen LogP contribution in [0.1, 0.15) is 46.4 Å². The largest absolute Gasteiger partial charge is 0.465 e. The second kappa shape index (κ2) is 8.47. The minimum absolute atomic E-state index is 0.309. The Morgan fingerprint density at radius 1 is 1.04 bits per heavy atom. The zero-order valence-electron chi connectivity index (χ0n) is 14.9. The van der Waals surface area contributed by atoms with Crippen molar-refractivity contribution >= 4 is 23.4 Å². The number of hydrogen-bond acceptors (Lipinski definition) is 5. The molecule has 0 spiro atoms. The van der Waals surface area contributed by atoms with Gasteiger partial charge in [-0.1, -0.05) is 25.0 Å². The Morgan fingerprint density at radius 3 is 2.42 bits per heavy atom. The van der Waals surface area contributed by atoms with Crippen molar-refractivity contribution < 1.29 is 14.3 Å². The Bertz CT molecular complexity index is 766. The lowest BCUT2D eigenvalue weighted by molar-refractivity contribution is 0.0602. The molecular weight excluding hydrogens is 330 g/mol. The minimum atomic E-state index is -0.490. The van der Waals surface area contributed by atoms with E-state index in [1.165, 1.54) is 32.8 Å². The zero-order valence-corrected chi connectivity index (χ0v) is 14.9. The molecule has 2 heterocycles. The molecule has 0 saturated carbocycles. The number of benzene rings is 1. The molecular formula is C20H23N3O3. The van der Waals surface area contributed by atoms with Gasteiger partial charge in [0.15, 0.2) is 0 Å². The summed E-state index contributed by atoms with van der Waals surface area (Å²) in [7, 11) is 1.31. The van der Waals surface area contributed by atoms with Gasteiger partial charge in [0, 0.05) is 19.3 Å². The molecule has 1 amide bonds. The highest BCUT2D eigenvalue weighted by Gasteiger charge is 2.16.